The lowest BCUT2D eigenvalue weighted by atomic mass is 9.67. The first-order chi connectivity index (χ1) is 17.8. The Morgan fingerprint density at radius 3 is 2.51 bits per heavy atom. The molecule has 2 fully saturated rings. The van der Waals surface area contributed by atoms with Gasteiger partial charge in [0.1, 0.15) is 5.75 Å². The second kappa shape index (κ2) is 12.1. The summed E-state index contributed by atoms with van der Waals surface area (Å²) in [6, 6.07) is 4.85. The number of allylic oxidation sites excluding steroid dienone is 2. The first kappa shape index (κ1) is 27.9. The summed E-state index contributed by atoms with van der Waals surface area (Å²) in [7, 11) is 0. The predicted molar refractivity (Wildman–Crippen MR) is 145 cm³/mol. The summed E-state index contributed by atoms with van der Waals surface area (Å²) in [6.45, 7) is 3.81. The van der Waals surface area contributed by atoms with Gasteiger partial charge in [-0.25, -0.2) is 0 Å². The molecule has 202 valence electrons. The molecular weight excluding hydrogens is 490 g/mol. The molecule has 1 heterocycles. The van der Waals surface area contributed by atoms with Gasteiger partial charge >= 0.3 is 0 Å². The summed E-state index contributed by atoms with van der Waals surface area (Å²) < 4.78 is 0. The first-order valence-electron chi connectivity index (χ1n) is 13.9. The summed E-state index contributed by atoms with van der Waals surface area (Å²) in [5, 5.41) is 32.0. The van der Waals surface area contributed by atoms with Crippen molar-refractivity contribution >= 4 is 29.5 Å². The zero-order valence-electron chi connectivity index (χ0n) is 22.0. The first-order valence-corrected chi connectivity index (χ1v) is 14.2. The van der Waals surface area contributed by atoms with E-state index in [1.165, 1.54) is 11.0 Å². The fourth-order valence-electron chi connectivity index (χ4n) is 6.70. The standard InChI is InChI=1S/C30H40ClNO5/c1-3-18(14-20-11-12-22(34)16-25(20)31)10-13-26(35)27-19(4-2)15-23-28(24(27)17-33)30(37)32(29(23)36)21-8-6-5-7-9-21/h11-12,14,16,21,23-24,26,28,33-35H,3-10,13,15,17H2,1-2H3/b18-14+/t23-,24+,26-,28-/m1/s1. The molecule has 1 aromatic carbocycles. The molecule has 4 atom stereocenters. The minimum Gasteiger partial charge on any atom is -0.508 e. The van der Waals surface area contributed by atoms with E-state index in [-0.39, 0.29) is 30.2 Å². The van der Waals surface area contributed by atoms with Crippen LogP contribution in [0.2, 0.25) is 5.02 Å². The largest absolute Gasteiger partial charge is 0.508 e. The maximum atomic E-state index is 13.6. The number of nitrogens with zero attached hydrogens (tertiary/aromatic N) is 1. The number of rotatable bonds is 9. The van der Waals surface area contributed by atoms with Gasteiger partial charge in [-0.3, -0.25) is 14.5 Å². The Morgan fingerprint density at radius 1 is 1.16 bits per heavy atom. The number of aliphatic hydroxyl groups is 2. The van der Waals surface area contributed by atoms with Crippen LogP contribution in [-0.4, -0.2) is 50.8 Å². The monoisotopic (exact) mass is 529 g/mol. The van der Waals surface area contributed by atoms with E-state index in [9.17, 15) is 24.9 Å². The van der Waals surface area contributed by atoms with Crippen LogP contribution in [0.25, 0.3) is 6.08 Å². The van der Waals surface area contributed by atoms with Crippen LogP contribution in [0.5, 0.6) is 5.75 Å². The van der Waals surface area contributed by atoms with Gasteiger partial charge in [0.15, 0.2) is 0 Å². The van der Waals surface area contributed by atoms with Gasteiger partial charge in [0.05, 0.1) is 29.6 Å². The second-order valence-corrected chi connectivity index (χ2v) is 11.2. The third-order valence-electron chi connectivity index (χ3n) is 8.68. The minimum absolute atomic E-state index is 0.0267. The molecule has 2 amide bonds. The summed E-state index contributed by atoms with van der Waals surface area (Å²) >= 11 is 6.28. The van der Waals surface area contributed by atoms with Gasteiger partial charge in [0.2, 0.25) is 11.8 Å². The smallest absolute Gasteiger partial charge is 0.234 e. The number of aromatic hydroxyl groups is 1. The quantitative estimate of drug-likeness (QED) is 0.284. The van der Waals surface area contributed by atoms with Crippen molar-refractivity contribution in [3.8, 4) is 5.75 Å². The van der Waals surface area contributed by atoms with Gasteiger partial charge in [-0.1, -0.05) is 61.9 Å². The zero-order valence-corrected chi connectivity index (χ0v) is 22.7. The van der Waals surface area contributed by atoms with Crippen molar-refractivity contribution in [3.05, 3.63) is 45.5 Å². The molecule has 0 radical (unpaired) electrons. The van der Waals surface area contributed by atoms with E-state index >= 15 is 0 Å². The number of halogens is 1. The minimum atomic E-state index is -0.801. The number of benzene rings is 1. The Labute approximate surface area is 225 Å². The van der Waals surface area contributed by atoms with Gasteiger partial charge in [0, 0.05) is 12.0 Å². The average molecular weight is 530 g/mol. The lowest BCUT2D eigenvalue weighted by molar-refractivity contribution is -0.143. The van der Waals surface area contributed by atoms with E-state index < -0.39 is 23.9 Å². The molecule has 1 saturated carbocycles. The zero-order chi connectivity index (χ0) is 26.7. The van der Waals surface area contributed by atoms with E-state index in [0.29, 0.717) is 30.7 Å². The van der Waals surface area contributed by atoms with E-state index in [1.807, 2.05) is 19.9 Å². The number of aliphatic hydroxyl groups excluding tert-OH is 2. The maximum absolute atomic E-state index is 13.6. The van der Waals surface area contributed by atoms with Gasteiger partial charge in [-0.05, 0) is 74.3 Å². The fraction of sp³-hybridized carbons (Fsp3) is 0.600. The number of carbonyl (C=O) groups is 2. The molecular formula is C30H40ClNO5. The van der Waals surface area contributed by atoms with Crippen LogP contribution >= 0.6 is 11.6 Å². The van der Waals surface area contributed by atoms with Crippen LogP contribution in [0.4, 0.5) is 0 Å². The molecule has 3 aliphatic rings. The molecule has 7 heteroatoms. The van der Waals surface area contributed by atoms with Gasteiger partial charge < -0.3 is 15.3 Å². The molecule has 37 heavy (non-hydrogen) atoms. The van der Waals surface area contributed by atoms with E-state index in [2.05, 4.69) is 0 Å². The van der Waals surface area contributed by atoms with Crippen molar-refractivity contribution in [2.45, 2.75) is 90.2 Å². The van der Waals surface area contributed by atoms with Crippen LogP contribution < -0.4 is 0 Å². The normalized spacial score (nSPS) is 26.1. The van der Waals surface area contributed by atoms with Crippen LogP contribution in [-0.2, 0) is 9.59 Å². The van der Waals surface area contributed by atoms with Crippen molar-refractivity contribution in [2.75, 3.05) is 6.61 Å². The number of phenols is 1. The molecule has 6 nitrogen and oxygen atoms in total. The van der Waals surface area contributed by atoms with Crippen molar-refractivity contribution in [1.29, 1.82) is 0 Å². The fourth-order valence-corrected chi connectivity index (χ4v) is 6.93. The molecule has 0 aromatic heterocycles. The molecule has 4 rings (SSSR count). The van der Waals surface area contributed by atoms with E-state index in [4.69, 9.17) is 11.6 Å². The highest BCUT2D eigenvalue weighted by molar-refractivity contribution is 6.32. The molecule has 0 unspecified atom stereocenters. The number of phenolic OH excluding ortho intramolecular Hbond substituents is 1. The highest BCUT2D eigenvalue weighted by Crippen LogP contribution is 2.48. The third-order valence-corrected chi connectivity index (χ3v) is 9.00. The summed E-state index contributed by atoms with van der Waals surface area (Å²) in [6.07, 6.45) is 9.15. The van der Waals surface area contributed by atoms with Crippen LogP contribution in [0, 0.1) is 17.8 Å². The molecule has 0 bridgehead atoms. The van der Waals surface area contributed by atoms with Gasteiger partial charge in [0.25, 0.3) is 0 Å². The number of likely N-dealkylation sites (tertiary alicyclic amines) is 1. The SMILES string of the molecule is CCC1=C([C@H](O)CC/C(=C/c2ccc(O)cc2Cl)CC)[C@H](CO)[C@@H]2C(=O)N(C3CCCCC3)C(=O)[C@@H]2C1. The van der Waals surface area contributed by atoms with Gasteiger partial charge in [-0.15, -0.1) is 0 Å². The second-order valence-electron chi connectivity index (χ2n) is 10.8. The Kier molecular flexibility index (Phi) is 9.15. The van der Waals surface area contributed by atoms with Crippen LogP contribution in [0.3, 0.4) is 0 Å². The Hall–Kier alpha value is -2.15. The van der Waals surface area contributed by atoms with Crippen molar-refractivity contribution in [3.63, 3.8) is 0 Å². The van der Waals surface area contributed by atoms with E-state index in [1.54, 1.807) is 12.1 Å². The molecule has 0 spiro atoms. The molecule has 1 aliphatic heterocycles. The maximum Gasteiger partial charge on any atom is 0.234 e. The van der Waals surface area contributed by atoms with E-state index in [0.717, 1.165) is 60.8 Å². The Bertz CT molecular complexity index is 1070. The number of hydrogen-bond donors (Lipinski definition) is 3. The Morgan fingerprint density at radius 2 is 1.89 bits per heavy atom. The number of carbonyl (C=O) groups excluding carboxylic acids is 2. The van der Waals surface area contributed by atoms with Crippen molar-refractivity contribution in [2.24, 2.45) is 17.8 Å². The summed E-state index contributed by atoms with van der Waals surface area (Å²) in [5.41, 5.74) is 3.68. The summed E-state index contributed by atoms with van der Waals surface area (Å²) in [4.78, 5) is 28.6. The lowest BCUT2D eigenvalue weighted by Crippen LogP contribution is -2.42. The molecule has 2 aliphatic carbocycles. The van der Waals surface area contributed by atoms with Gasteiger partial charge in [-0.2, -0.15) is 0 Å². The average Bonchev–Trinajstić information content (AvgIpc) is 3.15. The van der Waals surface area contributed by atoms with Crippen molar-refractivity contribution in [1.82, 2.24) is 4.90 Å². The molecule has 3 N–H and O–H groups in total. The number of amides is 2. The topological polar surface area (TPSA) is 98.1 Å². The number of imide groups is 1. The van der Waals surface area contributed by atoms with Crippen LogP contribution in [0.15, 0.2) is 34.9 Å². The highest BCUT2D eigenvalue weighted by Gasteiger charge is 2.56. The number of fused-ring (bicyclic) bond motifs is 1. The lowest BCUT2D eigenvalue weighted by Gasteiger charge is -2.36. The predicted octanol–water partition coefficient (Wildman–Crippen LogP) is 5.63. The highest BCUT2D eigenvalue weighted by atomic mass is 35.5. The molecule has 1 saturated heterocycles. The van der Waals surface area contributed by atoms with Crippen LogP contribution in [0.1, 0.15) is 83.6 Å². The Balaban J connectivity index is 1.54. The van der Waals surface area contributed by atoms with Crippen molar-refractivity contribution < 1.29 is 24.9 Å². The number of hydrogen-bond acceptors (Lipinski definition) is 5. The molecule has 1 aromatic rings. The summed E-state index contributed by atoms with van der Waals surface area (Å²) in [5.74, 6) is -1.67. The third kappa shape index (κ3) is 5.67.